The molecule has 0 bridgehead atoms. The number of aliphatic carboxylic acids is 1. The second-order valence-corrected chi connectivity index (χ2v) is 4.34. The predicted octanol–water partition coefficient (Wildman–Crippen LogP) is 1.59. The molecule has 0 aromatic carbocycles. The van der Waals surface area contributed by atoms with Crippen LogP contribution in [0.25, 0.3) is 0 Å². The van der Waals surface area contributed by atoms with Crippen molar-refractivity contribution in [2.75, 3.05) is 13.1 Å². The molecule has 0 rings (SSSR count). The molecule has 0 aliphatic heterocycles. The molecule has 102 valence electrons. The molecule has 0 heterocycles. The second kappa shape index (κ2) is 10.5. The van der Waals surface area contributed by atoms with Crippen molar-refractivity contribution >= 4 is 12.0 Å². The van der Waals surface area contributed by atoms with E-state index in [1.165, 1.54) is 0 Å². The summed E-state index contributed by atoms with van der Waals surface area (Å²) in [6, 6.07) is -0.210. The van der Waals surface area contributed by atoms with Gasteiger partial charge in [-0.2, -0.15) is 0 Å². The highest BCUT2D eigenvalue weighted by molar-refractivity contribution is 5.73. The Morgan fingerprint density at radius 2 is 2.06 bits per heavy atom. The standard InChI is InChI=1S/C13H22N2O3/c1-3-4-5-6-9-14-13(18)15-10-11(2)7-8-12(16)17/h1,11H,4-10H2,2H3,(H,16,17)(H2,14,15,18). The van der Waals surface area contributed by atoms with Gasteiger partial charge in [0.1, 0.15) is 0 Å². The van der Waals surface area contributed by atoms with Gasteiger partial charge in [-0.25, -0.2) is 4.79 Å². The fourth-order valence-electron chi connectivity index (χ4n) is 1.36. The van der Waals surface area contributed by atoms with Crippen LogP contribution < -0.4 is 10.6 Å². The van der Waals surface area contributed by atoms with Crippen LogP contribution in [0, 0.1) is 18.3 Å². The van der Waals surface area contributed by atoms with Crippen LogP contribution in [0.4, 0.5) is 4.79 Å². The molecule has 0 aliphatic rings. The van der Waals surface area contributed by atoms with Gasteiger partial charge >= 0.3 is 12.0 Å². The van der Waals surface area contributed by atoms with Crippen molar-refractivity contribution in [1.29, 1.82) is 0 Å². The number of hydrogen-bond donors (Lipinski definition) is 3. The summed E-state index contributed by atoms with van der Waals surface area (Å²) in [5, 5.41) is 14.0. The number of carboxylic acid groups (broad SMARTS) is 1. The molecule has 1 unspecified atom stereocenters. The van der Waals surface area contributed by atoms with E-state index in [2.05, 4.69) is 16.6 Å². The number of unbranched alkanes of at least 4 members (excludes halogenated alkanes) is 2. The van der Waals surface area contributed by atoms with Gasteiger partial charge in [0.2, 0.25) is 0 Å². The van der Waals surface area contributed by atoms with Crippen LogP contribution >= 0.6 is 0 Å². The molecule has 0 spiro atoms. The Morgan fingerprint density at radius 1 is 1.33 bits per heavy atom. The first-order valence-electron chi connectivity index (χ1n) is 6.23. The smallest absolute Gasteiger partial charge is 0.314 e. The molecule has 0 radical (unpaired) electrons. The summed E-state index contributed by atoms with van der Waals surface area (Å²) in [6.45, 7) is 3.01. The highest BCUT2D eigenvalue weighted by atomic mass is 16.4. The van der Waals surface area contributed by atoms with Gasteiger partial charge in [0.25, 0.3) is 0 Å². The average molecular weight is 254 g/mol. The van der Waals surface area contributed by atoms with Crippen LogP contribution in [0.3, 0.4) is 0 Å². The Morgan fingerprint density at radius 3 is 2.67 bits per heavy atom. The summed E-state index contributed by atoms with van der Waals surface area (Å²) in [7, 11) is 0. The predicted molar refractivity (Wildman–Crippen MR) is 70.1 cm³/mol. The van der Waals surface area contributed by atoms with E-state index >= 15 is 0 Å². The van der Waals surface area contributed by atoms with Gasteiger partial charge in [-0.15, -0.1) is 12.3 Å². The molecule has 0 saturated carbocycles. The molecule has 0 aromatic heterocycles. The maximum absolute atomic E-state index is 11.3. The van der Waals surface area contributed by atoms with E-state index in [-0.39, 0.29) is 18.4 Å². The van der Waals surface area contributed by atoms with Gasteiger partial charge < -0.3 is 15.7 Å². The maximum Gasteiger partial charge on any atom is 0.314 e. The van der Waals surface area contributed by atoms with Crippen LogP contribution in [0.1, 0.15) is 39.0 Å². The number of amides is 2. The molecule has 0 aromatic rings. The van der Waals surface area contributed by atoms with Gasteiger partial charge in [-0.1, -0.05) is 6.92 Å². The minimum absolute atomic E-state index is 0.135. The number of terminal acetylenes is 1. The molecule has 1 atom stereocenters. The first-order valence-corrected chi connectivity index (χ1v) is 6.23. The molecule has 18 heavy (non-hydrogen) atoms. The van der Waals surface area contributed by atoms with Crippen LogP contribution in [-0.2, 0) is 4.79 Å². The van der Waals surface area contributed by atoms with E-state index < -0.39 is 5.97 Å². The van der Waals surface area contributed by atoms with E-state index in [9.17, 15) is 9.59 Å². The van der Waals surface area contributed by atoms with Crippen molar-refractivity contribution in [2.24, 2.45) is 5.92 Å². The summed E-state index contributed by atoms with van der Waals surface area (Å²) in [6.07, 6.45) is 8.32. The van der Waals surface area contributed by atoms with Gasteiger partial charge in [0.05, 0.1) is 0 Å². The molecule has 3 N–H and O–H groups in total. The lowest BCUT2D eigenvalue weighted by Crippen LogP contribution is -2.38. The van der Waals surface area contributed by atoms with Crippen LogP contribution in [-0.4, -0.2) is 30.2 Å². The molecule has 0 fully saturated rings. The summed E-state index contributed by atoms with van der Waals surface area (Å²) >= 11 is 0. The zero-order valence-corrected chi connectivity index (χ0v) is 10.9. The number of carbonyl (C=O) groups is 2. The van der Waals surface area contributed by atoms with Crippen molar-refractivity contribution < 1.29 is 14.7 Å². The molecular formula is C13H22N2O3. The average Bonchev–Trinajstić information content (AvgIpc) is 2.33. The first kappa shape index (κ1) is 16.3. The Kier molecular flexibility index (Phi) is 9.47. The molecule has 5 heteroatoms. The molecule has 2 amide bonds. The summed E-state index contributed by atoms with van der Waals surface area (Å²) in [5.74, 6) is 1.90. The van der Waals surface area contributed by atoms with E-state index in [0.717, 1.165) is 19.3 Å². The highest BCUT2D eigenvalue weighted by Gasteiger charge is 2.07. The minimum Gasteiger partial charge on any atom is -0.481 e. The van der Waals surface area contributed by atoms with Crippen LogP contribution in [0.2, 0.25) is 0 Å². The van der Waals surface area contributed by atoms with E-state index in [4.69, 9.17) is 11.5 Å². The van der Waals surface area contributed by atoms with Crippen molar-refractivity contribution in [2.45, 2.75) is 39.0 Å². The molecular weight excluding hydrogens is 232 g/mol. The monoisotopic (exact) mass is 254 g/mol. The second-order valence-electron chi connectivity index (χ2n) is 4.34. The third-order valence-electron chi connectivity index (χ3n) is 2.50. The third kappa shape index (κ3) is 10.8. The normalized spacial score (nSPS) is 11.3. The molecule has 0 saturated heterocycles. The molecule has 5 nitrogen and oxygen atoms in total. The Labute approximate surface area is 108 Å². The number of carboxylic acids is 1. The van der Waals surface area contributed by atoms with Gasteiger partial charge in [0, 0.05) is 25.9 Å². The van der Waals surface area contributed by atoms with Crippen LogP contribution in [0.15, 0.2) is 0 Å². The van der Waals surface area contributed by atoms with Crippen molar-refractivity contribution in [1.82, 2.24) is 10.6 Å². The number of rotatable bonds is 9. The highest BCUT2D eigenvalue weighted by Crippen LogP contribution is 2.03. The summed E-state index contributed by atoms with van der Waals surface area (Å²) in [4.78, 5) is 21.7. The molecule has 0 aliphatic carbocycles. The lowest BCUT2D eigenvalue weighted by Gasteiger charge is -2.12. The van der Waals surface area contributed by atoms with Gasteiger partial charge in [-0.3, -0.25) is 4.79 Å². The fourth-order valence-corrected chi connectivity index (χ4v) is 1.36. The van der Waals surface area contributed by atoms with E-state index in [1.54, 1.807) is 0 Å². The Balaban J connectivity index is 3.46. The van der Waals surface area contributed by atoms with E-state index in [1.807, 2.05) is 6.92 Å². The van der Waals surface area contributed by atoms with Crippen molar-refractivity contribution in [3.8, 4) is 12.3 Å². The number of carbonyl (C=O) groups excluding carboxylic acids is 1. The third-order valence-corrected chi connectivity index (χ3v) is 2.50. The van der Waals surface area contributed by atoms with Gasteiger partial charge in [-0.05, 0) is 25.2 Å². The SMILES string of the molecule is C#CCCCCNC(=O)NCC(C)CCC(=O)O. The number of nitrogens with one attached hydrogen (secondary N) is 2. The zero-order valence-electron chi connectivity index (χ0n) is 10.9. The van der Waals surface area contributed by atoms with Crippen LogP contribution in [0.5, 0.6) is 0 Å². The van der Waals surface area contributed by atoms with Crippen molar-refractivity contribution in [3.63, 3.8) is 0 Å². The zero-order chi connectivity index (χ0) is 13.8. The topological polar surface area (TPSA) is 78.4 Å². The summed E-state index contributed by atoms with van der Waals surface area (Å²) < 4.78 is 0. The quantitative estimate of drug-likeness (QED) is 0.432. The van der Waals surface area contributed by atoms with Crippen molar-refractivity contribution in [3.05, 3.63) is 0 Å². The Hall–Kier alpha value is -1.70. The lowest BCUT2D eigenvalue weighted by molar-refractivity contribution is -0.137. The lowest BCUT2D eigenvalue weighted by atomic mass is 10.1. The summed E-state index contributed by atoms with van der Waals surface area (Å²) in [5.41, 5.74) is 0. The van der Waals surface area contributed by atoms with E-state index in [0.29, 0.717) is 19.5 Å². The largest absolute Gasteiger partial charge is 0.481 e. The number of urea groups is 1. The Bertz CT molecular complexity index is 297. The fraction of sp³-hybridized carbons (Fsp3) is 0.692. The first-order chi connectivity index (χ1) is 8.56. The maximum atomic E-state index is 11.3. The number of hydrogen-bond acceptors (Lipinski definition) is 2. The minimum atomic E-state index is -0.806. The van der Waals surface area contributed by atoms with Gasteiger partial charge in [0.15, 0.2) is 0 Å².